The molecular formula is C12H23N3. The van der Waals surface area contributed by atoms with E-state index in [0.717, 1.165) is 25.9 Å². The monoisotopic (exact) mass is 209 g/mol. The van der Waals surface area contributed by atoms with E-state index < -0.39 is 0 Å². The second-order valence-electron chi connectivity index (χ2n) is 3.96. The fraction of sp³-hybridized carbons (Fsp3) is 0.750. The number of aryl methyl sites for hydroxylation is 2. The van der Waals surface area contributed by atoms with Gasteiger partial charge < -0.3 is 5.32 Å². The van der Waals surface area contributed by atoms with Gasteiger partial charge in [0.05, 0.1) is 5.69 Å². The van der Waals surface area contributed by atoms with Crippen LogP contribution in [0.1, 0.15) is 39.1 Å². The Morgan fingerprint density at radius 2 is 2.13 bits per heavy atom. The Hall–Kier alpha value is -0.830. The minimum atomic E-state index is 0.529. The smallest absolute Gasteiger partial charge is 0.0624 e. The zero-order valence-electron chi connectivity index (χ0n) is 10.4. The van der Waals surface area contributed by atoms with E-state index >= 15 is 0 Å². The van der Waals surface area contributed by atoms with Crippen LogP contribution >= 0.6 is 0 Å². The zero-order chi connectivity index (χ0) is 11.3. The molecule has 0 saturated carbocycles. The molecule has 3 nitrogen and oxygen atoms in total. The molecule has 86 valence electrons. The van der Waals surface area contributed by atoms with E-state index in [2.05, 4.69) is 48.9 Å². The summed E-state index contributed by atoms with van der Waals surface area (Å²) in [4.78, 5) is 0. The van der Waals surface area contributed by atoms with Crippen LogP contribution in [0.2, 0.25) is 0 Å². The molecule has 0 spiro atoms. The van der Waals surface area contributed by atoms with Gasteiger partial charge >= 0.3 is 0 Å². The van der Waals surface area contributed by atoms with Crippen molar-refractivity contribution in [3.63, 3.8) is 0 Å². The van der Waals surface area contributed by atoms with E-state index in [1.807, 2.05) is 0 Å². The van der Waals surface area contributed by atoms with Crippen LogP contribution in [-0.4, -0.2) is 22.4 Å². The maximum atomic E-state index is 4.55. The van der Waals surface area contributed by atoms with Crippen LogP contribution in [0.5, 0.6) is 0 Å². The van der Waals surface area contributed by atoms with Crippen molar-refractivity contribution in [3.8, 4) is 0 Å². The van der Waals surface area contributed by atoms with Gasteiger partial charge in [-0.3, -0.25) is 4.68 Å². The van der Waals surface area contributed by atoms with E-state index in [0.29, 0.717) is 6.04 Å². The van der Waals surface area contributed by atoms with Gasteiger partial charge in [0.15, 0.2) is 0 Å². The SMILES string of the molecule is CCNC(C)Cc1cc(CC)nn1CC. The molecule has 1 aromatic rings. The van der Waals surface area contributed by atoms with Crippen molar-refractivity contribution in [1.29, 1.82) is 0 Å². The zero-order valence-corrected chi connectivity index (χ0v) is 10.4. The summed E-state index contributed by atoms with van der Waals surface area (Å²) < 4.78 is 2.12. The summed E-state index contributed by atoms with van der Waals surface area (Å²) >= 11 is 0. The lowest BCUT2D eigenvalue weighted by atomic mass is 10.1. The molecule has 0 aromatic carbocycles. The molecule has 3 heteroatoms. The third-order valence-electron chi connectivity index (χ3n) is 2.64. The highest BCUT2D eigenvalue weighted by Gasteiger charge is 2.08. The molecule has 0 radical (unpaired) electrons. The summed E-state index contributed by atoms with van der Waals surface area (Å²) in [7, 11) is 0. The van der Waals surface area contributed by atoms with Gasteiger partial charge in [-0.2, -0.15) is 5.10 Å². The molecule has 1 N–H and O–H groups in total. The minimum Gasteiger partial charge on any atom is -0.314 e. The van der Waals surface area contributed by atoms with Crippen molar-refractivity contribution in [3.05, 3.63) is 17.5 Å². The number of nitrogens with one attached hydrogen (secondary N) is 1. The molecule has 15 heavy (non-hydrogen) atoms. The summed E-state index contributed by atoms with van der Waals surface area (Å²) in [6.07, 6.45) is 2.09. The van der Waals surface area contributed by atoms with Gasteiger partial charge in [-0.15, -0.1) is 0 Å². The summed E-state index contributed by atoms with van der Waals surface area (Å²) in [6.45, 7) is 10.7. The number of likely N-dealkylation sites (N-methyl/N-ethyl adjacent to an activating group) is 1. The molecule has 0 aliphatic carbocycles. The first-order chi connectivity index (χ1) is 7.21. The molecule has 0 bridgehead atoms. The predicted molar refractivity (Wildman–Crippen MR) is 64.1 cm³/mol. The molecule has 1 unspecified atom stereocenters. The number of rotatable bonds is 6. The number of hydrogen-bond donors (Lipinski definition) is 1. The Morgan fingerprint density at radius 3 is 2.67 bits per heavy atom. The molecule has 0 aliphatic heterocycles. The van der Waals surface area contributed by atoms with Crippen LogP contribution in [-0.2, 0) is 19.4 Å². The van der Waals surface area contributed by atoms with Crippen LogP contribution in [0, 0.1) is 0 Å². The molecular weight excluding hydrogens is 186 g/mol. The van der Waals surface area contributed by atoms with Crippen molar-refractivity contribution in [2.45, 2.75) is 53.1 Å². The fourth-order valence-electron chi connectivity index (χ4n) is 1.86. The van der Waals surface area contributed by atoms with Gasteiger partial charge in [0.2, 0.25) is 0 Å². The number of hydrogen-bond acceptors (Lipinski definition) is 2. The Morgan fingerprint density at radius 1 is 1.40 bits per heavy atom. The van der Waals surface area contributed by atoms with E-state index in [4.69, 9.17) is 0 Å². The Bertz CT molecular complexity index is 291. The van der Waals surface area contributed by atoms with Crippen LogP contribution < -0.4 is 5.32 Å². The van der Waals surface area contributed by atoms with Gasteiger partial charge in [-0.25, -0.2) is 0 Å². The van der Waals surface area contributed by atoms with Crippen molar-refractivity contribution < 1.29 is 0 Å². The summed E-state index contributed by atoms with van der Waals surface area (Å²) in [5.41, 5.74) is 2.55. The first kappa shape index (κ1) is 12.2. The van der Waals surface area contributed by atoms with Crippen molar-refractivity contribution in [2.75, 3.05) is 6.54 Å². The first-order valence-corrected chi connectivity index (χ1v) is 6.00. The summed E-state index contributed by atoms with van der Waals surface area (Å²) in [5, 5.41) is 7.98. The molecule has 1 atom stereocenters. The third-order valence-corrected chi connectivity index (χ3v) is 2.64. The van der Waals surface area contributed by atoms with Crippen LogP contribution in [0.15, 0.2) is 6.07 Å². The second-order valence-corrected chi connectivity index (χ2v) is 3.96. The largest absolute Gasteiger partial charge is 0.314 e. The molecule has 0 amide bonds. The van der Waals surface area contributed by atoms with Gasteiger partial charge in [0.1, 0.15) is 0 Å². The van der Waals surface area contributed by atoms with Gasteiger partial charge in [-0.05, 0) is 32.9 Å². The first-order valence-electron chi connectivity index (χ1n) is 6.00. The Balaban J connectivity index is 2.69. The van der Waals surface area contributed by atoms with Crippen molar-refractivity contribution in [2.24, 2.45) is 0 Å². The van der Waals surface area contributed by atoms with Crippen molar-refractivity contribution in [1.82, 2.24) is 15.1 Å². The Kier molecular flexibility index (Phi) is 4.82. The quantitative estimate of drug-likeness (QED) is 0.776. The molecule has 1 heterocycles. The number of aromatic nitrogens is 2. The lowest BCUT2D eigenvalue weighted by Gasteiger charge is -2.12. The van der Waals surface area contributed by atoms with Gasteiger partial charge in [0.25, 0.3) is 0 Å². The minimum absolute atomic E-state index is 0.529. The second kappa shape index (κ2) is 5.91. The maximum absolute atomic E-state index is 4.55. The van der Waals surface area contributed by atoms with Crippen LogP contribution in [0.3, 0.4) is 0 Å². The van der Waals surface area contributed by atoms with E-state index in [-0.39, 0.29) is 0 Å². The fourth-order valence-corrected chi connectivity index (χ4v) is 1.86. The summed E-state index contributed by atoms with van der Waals surface area (Å²) in [5.74, 6) is 0. The van der Waals surface area contributed by atoms with Crippen molar-refractivity contribution >= 4 is 0 Å². The maximum Gasteiger partial charge on any atom is 0.0624 e. The predicted octanol–water partition coefficient (Wildman–Crippen LogP) is 2.01. The molecule has 1 aromatic heterocycles. The van der Waals surface area contributed by atoms with Gasteiger partial charge in [0, 0.05) is 24.7 Å². The summed E-state index contributed by atoms with van der Waals surface area (Å²) in [6, 6.07) is 2.76. The Labute approximate surface area is 92.9 Å². The van der Waals surface area contributed by atoms with Crippen LogP contribution in [0.25, 0.3) is 0 Å². The van der Waals surface area contributed by atoms with E-state index in [9.17, 15) is 0 Å². The van der Waals surface area contributed by atoms with E-state index in [1.54, 1.807) is 0 Å². The molecule has 0 saturated heterocycles. The topological polar surface area (TPSA) is 29.9 Å². The van der Waals surface area contributed by atoms with E-state index in [1.165, 1.54) is 11.4 Å². The normalized spacial score (nSPS) is 13.1. The average Bonchev–Trinajstić information content (AvgIpc) is 2.60. The molecule has 0 aliphatic rings. The van der Waals surface area contributed by atoms with Gasteiger partial charge in [-0.1, -0.05) is 13.8 Å². The third kappa shape index (κ3) is 3.34. The highest BCUT2D eigenvalue weighted by atomic mass is 15.3. The lowest BCUT2D eigenvalue weighted by molar-refractivity contribution is 0.528. The highest BCUT2D eigenvalue weighted by Crippen LogP contribution is 2.08. The number of nitrogens with zero attached hydrogens (tertiary/aromatic N) is 2. The average molecular weight is 209 g/mol. The molecule has 1 rings (SSSR count). The standard InChI is InChI=1S/C12H23N3/c1-5-11-9-12(15(7-3)14-11)8-10(4)13-6-2/h9-10,13H,5-8H2,1-4H3. The van der Waals surface area contributed by atoms with Crippen LogP contribution in [0.4, 0.5) is 0 Å². The lowest BCUT2D eigenvalue weighted by Crippen LogP contribution is -2.28. The molecule has 0 fully saturated rings. The highest BCUT2D eigenvalue weighted by molar-refractivity contribution is 5.11.